The molecule has 0 atom stereocenters. The SMILES string of the molecule is CCN1Cc2ccc(C(=O)CCC(=O)N3CCC(c4ccc(Cl)cc4)CC3)cc2C1. The van der Waals surface area contributed by atoms with Crippen molar-refractivity contribution in [1.82, 2.24) is 9.80 Å². The summed E-state index contributed by atoms with van der Waals surface area (Å²) in [4.78, 5) is 29.6. The van der Waals surface area contributed by atoms with E-state index in [4.69, 9.17) is 11.6 Å². The molecule has 4 rings (SSSR count). The molecule has 2 aliphatic heterocycles. The maximum atomic E-state index is 12.7. The molecule has 0 bridgehead atoms. The molecule has 0 radical (unpaired) electrons. The number of carbonyl (C=O) groups is 2. The fourth-order valence-corrected chi connectivity index (χ4v) is 4.71. The Morgan fingerprint density at radius 1 is 0.967 bits per heavy atom. The van der Waals surface area contributed by atoms with E-state index >= 15 is 0 Å². The Labute approximate surface area is 183 Å². The smallest absolute Gasteiger partial charge is 0.223 e. The van der Waals surface area contributed by atoms with Gasteiger partial charge in [-0.25, -0.2) is 0 Å². The highest BCUT2D eigenvalue weighted by Gasteiger charge is 2.24. The average Bonchev–Trinajstić information content (AvgIpc) is 3.20. The van der Waals surface area contributed by atoms with Gasteiger partial charge in [0.25, 0.3) is 0 Å². The van der Waals surface area contributed by atoms with Crippen LogP contribution in [-0.2, 0) is 17.9 Å². The van der Waals surface area contributed by atoms with Crippen molar-refractivity contribution >= 4 is 23.3 Å². The molecule has 0 aliphatic carbocycles. The van der Waals surface area contributed by atoms with Gasteiger partial charge in [0.05, 0.1) is 0 Å². The zero-order valence-electron chi connectivity index (χ0n) is 17.6. The number of ketones is 1. The van der Waals surface area contributed by atoms with Crippen LogP contribution in [0.15, 0.2) is 42.5 Å². The number of hydrogen-bond donors (Lipinski definition) is 0. The van der Waals surface area contributed by atoms with Crippen molar-refractivity contribution in [2.24, 2.45) is 0 Å². The quantitative estimate of drug-likeness (QED) is 0.609. The maximum absolute atomic E-state index is 12.7. The molecule has 0 unspecified atom stereocenters. The van der Waals surface area contributed by atoms with Crippen molar-refractivity contribution in [3.8, 4) is 0 Å². The molecular weight excluding hydrogens is 396 g/mol. The number of halogens is 1. The lowest BCUT2D eigenvalue weighted by Gasteiger charge is -2.32. The summed E-state index contributed by atoms with van der Waals surface area (Å²) >= 11 is 5.98. The van der Waals surface area contributed by atoms with Gasteiger partial charge in [0.1, 0.15) is 0 Å². The third kappa shape index (κ3) is 4.76. The van der Waals surface area contributed by atoms with E-state index in [2.05, 4.69) is 30.0 Å². The molecule has 0 aromatic heterocycles. The summed E-state index contributed by atoms with van der Waals surface area (Å²) in [6.45, 7) is 6.56. The van der Waals surface area contributed by atoms with Gasteiger partial charge in [-0.15, -0.1) is 0 Å². The molecule has 2 aromatic rings. The number of nitrogens with zero attached hydrogens (tertiary/aromatic N) is 2. The van der Waals surface area contributed by atoms with Crippen LogP contribution in [0.3, 0.4) is 0 Å². The molecule has 2 heterocycles. The third-order valence-electron chi connectivity index (χ3n) is 6.52. The number of carbonyl (C=O) groups excluding carboxylic acids is 2. The van der Waals surface area contributed by atoms with E-state index in [-0.39, 0.29) is 18.1 Å². The number of likely N-dealkylation sites (tertiary alicyclic amines) is 1. The molecule has 0 saturated carbocycles. The summed E-state index contributed by atoms with van der Waals surface area (Å²) in [7, 11) is 0. The van der Waals surface area contributed by atoms with Gasteiger partial charge in [0, 0.05) is 49.6 Å². The van der Waals surface area contributed by atoms with Crippen molar-refractivity contribution in [3.63, 3.8) is 0 Å². The highest BCUT2D eigenvalue weighted by atomic mass is 35.5. The lowest BCUT2D eigenvalue weighted by Crippen LogP contribution is -2.38. The minimum absolute atomic E-state index is 0.0668. The van der Waals surface area contributed by atoms with Crippen molar-refractivity contribution in [1.29, 1.82) is 0 Å². The molecule has 0 N–H and O–H groups in total. The number of Topliss-reactive ketones (excluding diaryl/α,β-unsaturated/α-hetero) is 1. The zero-order valence-corrected chi connectivity index (χ0v) is 18.3. The Morgan fingerprint density at radius 2 is 1.67 bits per heavy atom. The first-order valence-corrected chi connectivity index (χ1v) is 11.3. The Hall–Kier alpha value is -2.17. The number of hydrogen-bond acceptors (Lipinski definition) is 3. The van der Waals surface area contributed by atoms with Gasteiger partial charge >= 0.3 is 0 Å². The van der Waals surface area contributed by atoms with Crippen molar-refractivity contribution in [3.05, 3.63) is 69.7 Å². The molecule has 158 valence electrons. The standard InChI is InChI=1S/C25H29ClN2O2/c1-2-27-16-21-4-3-20(15-22(21)17-27)24(29)9-10-25(30)28-13-11-19(12-14-28)18-5-7-23(26)8-6-18/h3-8,15,19H,2,9-14,16-17H2,1H3. The first kappa shape index (κ1) is 21.1. The van der Waals surface area contributed by atoms with E-state index in [9.17, 15) is 9.59 Å². The fourth-order valence-electron chi connectivity index (χ4n) is 4.58. The van der Waals surface area contributed by atoms with Gasteiger partial charge in [0.15, 0.2) is 5.78 Å². The Morgan fingerprint density at radius 3 is 2.37 bits per heavy atom. The van der Waals surface area contributed by atoms with Gasteiger partial charge in [0.2, 0.25) is 5.91 Å². The molecule has 1 amide bonds. The summed E-state index contributed by atoms with van der Waals surface area (Å²) in [6, 6.07) is 14.0. The van der Waals surface area contributed by atoms with Gasteiger partial charge in [-0.3, -0.25) is 14.5 Å². The lowest BCUT2D eigenvalue weighted by molar-refractivity contribution is -0.132. The van der Waals surface area contributed by atoms with Crippen LogP contribution in [0.25, 0.3) is 0 Å². The lowest BCUT2D eigenvalue weighted by atomic mass is 9.89. The molecule has 1 saturated heterocycles. The minimum atomic E-state index is 0.0668. The van der Waals surface area contributed by atoms with Crippen LogP contribution in [-0.4, -0.2) is 41.1 Å². The summed E-state index contributed by atoms with van der Waals surface area (Å²) in [5.74, 6) is 0.635. The monoisotopic (exact) mass is 424 g/mol. The van der Waals surface area contributed by atoms with Crippen LogP contribution >= 0.6 is 11.6 Å². The van der Waals surface area contributed by atoms with Gasteiger partial charge < -0.3 is 4.90 Å². The zero-order chi connectivity index (χ0) is 21.1. The minimum Gasteiger partial charge on any atom is -0.343 e. The van der Waals surface area contributed by atoms with Crippen LogP contribution in [0.2, 0.25) is 5.02 Å². The summed E-state index contributed by atoms with van der Waals surface area (Å²) in [5, 5.41) is 0.752. The molecule has 4 nitrogen and oxygen atoms in total. The van der Waals surface area contributed by atoms with E-state index in [0.717, 1.165) is 56.2 Å². The van der Waals surface area contributed by atoms with Crippen LogP contribution in [0, 0.1) is 0 Å². The molecule has 5 heteroatoms. The number of piperidine rings is 1. The molecule has 2 aliphatic rings. The molecule has 2 aromatic carbocycles. The second kappa shape index (κ2) is 9.32. The second-order valence-corrected chi connectivity index (χ2v) is 8.85. The number of amides is 1. The normalized spacial score (nSPS) is 17.2. The first-order valence-electron chi connectivity index (χ1n) is 10.9. The number of rotatable bonds is 6. The number of benzene rings is 2. The van der Waals surface area contributed by atoms with E-state index in [0.29, 0.717) is 12.3 Å². The first-order chi connectivity index (χ1) is 14.5. The predicted molar refractivity (Wildman–Crippen MR) is 120 cm³/mol. The van der Waals surface area contributed by atoms with Crippen LogP contribution in [0.1, 0.15) is 65.6 Å². The fraction of sp³-hybridized carbons (Fsp3) is 0.440. The Balaban J connectivity index is 1.26. The highest BCUT2D eigenvalue weighted by Crippen LogP contribution is 2.29. The van der Waals surface area contributed by atoms with Gasteiger partial charge in [-0.1, -0.05) is 42.8 Å². The Kier molecular flexibility index (Phi) is 6.55. The summed E-state index contributed by atoms with van der Waals surface area (Å²) in [5.41, 5.74) is 4.59. The van der Waals surface area contributed by atoms with Gasteiger partial charge in [-0.2, -0.15) is 0 Å². The molecule has 1 fully saturated rings. The second-order valence-electron chi connectivity index (χ2n) is 8.42. The Bertz CT molecular complexity index is 917. The number of fused-ring (bicyclic) bond motifs is 1. The maximum Gasteiger partial charge on any atom is 0.223 e. The van der Waals surface area contributed by atoms with Crippen molar-refractivity contribution in [2.45, 2.75) is 51.6 Å². The van der Waals surface area contributed by atoms with Crippen molar-refractivity contribution < 1.29 is 9.59 Å². The van der Waals surface area contributed by atoms with Crippen LogP contribution < -0.4 is 0 Å². The summed E-state index contributed by atoms with van der Waals surface area (Å²) < 4.78 is 0. The van der Waals surface area contributed by atoms with Gasteiger partial charge in [-0.05, 0) is 60.2 Å². The highest BCUT2D eigenvalue weighted by molar-refractivity contribution is 6.30. The van der Waals surface area contributed by atoms with E-state index in [1.807, 2.05) is 29.2 Å². The predicted octanol–water partition coefficient (Wildman–Crippen LogP) is 5.04. The van der Waals surface area contributed by atoms with E-state index in [1.54, 1.807) is 0 Å². The topological polar surface area (TPSA) is 40.6 Å². The van der Waals surface area contributed by atoms with Crippen molar-refractivity contribution in [2.75, 3.05) is 19.6 Å². The molecular formula is C25H29ClN2O2. The van der Waals surface area contributed by atoms with Crippen LogP contribution in [0.4, 0.5) is 0 Å². The van der Waals surface area contributed by atoms with E-state index < -0.39 is 0 Å². The molecule has 30 heavy (non-hydrogen) atoms. The largest absolute Gasteiger partial charge is 0.343 e. The molecule has 0 spiro atoms. The third-order valence-corrected chi connectivity index (χ3v) is 6.77. The van der Waals surface area contributed by atoms with Crippen LogP contribution in [0.5, 0.6) is 0 Å². The van der Waals surface area contributed by atoms with E-state index in [1.165, 1.54) is 16.7 Å². The summed E-state index contributed by atoms with van der Waals surface area (Å²) in [6.07, 6.45) is 2.50. The average molecular weight is 425 g/mol.